The predicted octanol–water partition coefficient (Wildman–Crippen LogP) is 2.70. The van der Waals surface area contributed by atoms with Gasteiger partial charge in [-0.2, -0.15) is 0 Å². The summed E-state index contributed by atoms with van der Waals surface area (Å²) >= 11 is 0. The summed E-state index contributed by atoms with van der Waals surface area (Å²) in [6, 6.07) is 0.260. The second-order valence-electron chi connectivity index (χ2n) is 5.68. The minimum absolute atomic E-state index is 0.00296. The number of nitrogens with one attached hydrogen (secondary N) is 1. The highest BCUT2D eigenvalue weighted by molar-refractivity contribution is 6.02. The summed E-state index contributed by atoms with van der Waals surface area (Å²) in [6.07, 6.45) is 2.42. The van der Waals surface area contributed by atoms with Crippen LogP contribution >= 0.6 is 0 Å². The Bertz CT molecular complexity index is 526. The number of amides is 1. The van der Waals surface area contributed by atoms with Crippen LogP contribution in [0.1, 0.15) is 58.8 Å². The Morgan fingerprint density at radius 3 is 2.32 bits per heavy atom. The van der Waals surface area contributed by atoms with Crippen LogP contribution in [-0.4, -0.2) is 34.7 Å². The highest BCUT2D eigenvalue weighted by Gasteiger charge is 2.34. The van der Waals surface area contributed by atoms with E-state index in [9.17, 15) is 9.59 Å². The van der Waals surface area contributed by atoms with Gasteiger partial charge in [0.15, 0.2) is 5.78 Å². The highest BCUT2D eigenvalue weighted by Crippen LogP contribution is 2.35. The summed E-state index contributed by atoms with van der Waals surface area (Å²) in [4.78, 5) is 29.0. The molecule has 1 aliphatic rings. The number of Topliss-reactive ketones (excluding diaryl/α,β-unsaturated/α-hetero) is 1. The molecule has 0 radical (unpaired) electrons. The third kappa shape index (κ3) is 2.44. The largest absolute Gasteiger partial charge is 0.354 e. The van der Waals surface area contributed by atoms with Crippen molar-refractivity contribution < 1.29 is 9.59 Å². The lowest BCUT2D eigenvalue weighted by atomic mass is 10.1. The standard InChI is InChI=1S/C15H22N2O2/c1-8-13(11(4)18)9(2)16-14(8)15(19)17(5)10(3)12-6-7-12/h10,12,16H,6-7H2,1-5H3/t10-/m1/s1. The van der Waals surface area contributed by atoms with Crippen molar-refractivity contribution in [3.05, 3.63) is 22.5 Å². The monoisotopic (exact) mass is 262 g/mol. The van der Waals surface area contributed by atoms with Crippen molar-refractivity contribution in [3.8, 4) is 0 Å². The summed E-state index contributed by atoms with van der Waals surface area (Å²) in [5.41, 5.74) is 2.75. The van der Waals surface area contributed by atoms with E-state index in [0.29, 0.717) is 17.2 Å². The lowest BCUT2D eigenvalue weighted by Crippen LogP contribution is -2.37. The molecule has 1 amide bonds. The van der Waals surface area contributed by atoms with Gasteiger partial charge in [-0.15, -0.1) is 0 Å². The maximum Gasteiger partial charge on any atom is 0.270 e. The van der Waals surface area contributed by atoms with Gasteiger partial charge in [-0.25, -0.2) is 0 Å². The molecule has 4 heteroatoms. The lowest BCUT2D eigenvalue weighted by Gasteiger charge is -2.24. The van der Waals surface area contributed by atoms with Crippen LogP contribution in [0.15, 0.2) is 0 Å². The molecule has 1 aromatic rings. The topological polar surface area (TPSA) is 53.2 Å². The van der Waals surface area contributed by atoms with Crippen LogP contribution in [0.25, 0.3) is 0 Å². The normalized spacial score (nSPS) is 16.3. The van der Waals surface area contributed by atoms with E-state index >= 15 is 0 Å². The number of carbonyl (C=O) groups is 2. The fraction of sp³-hybridized carbons (Fsp3) is 0.600. The number of rotatable bonds is 4. The number of hydrogen-bond donors (Lipinski definition) is 1. The van der Waals surface area contributed by atoms with Crippen molar-refractivity contribution in [3.63, 3.8) is 0 Å². The second kappa shape index (κ2) is 4.83. The van der Waals surface area contributed by atoms with E-state index in [-0.39, 0.29) is 17.7 Å². The van der Waals surface area contributed by atoms with Crippen molar-refractivity contribution >= 4 is 11.7 Å². The Hall–Kier alpha value is -1.58. The van der Waals surface area contributed by atoms with E-state index < -0.39 is 0 Å². The van der Waals surface area contributed by atoms with Gasteiger partial charge in [0.25, 0.3) is 5.91 Å². The van der Waals surface area contributed by atoms with Crippen molar-refractivity contribution in [1.82, 2.24) is 9.88 Å². The van der Waals surface area contributed by atoms with Crippen LogP contribution in [0.4, 0.5) is 0 Å². The second-order valence-corrected chi connectivity index (χ2v) is 5.68. The van der Waals surface area contributed by atoms with Crippen LogP contribution in [0, 0.1) is 19.8 Å². The van der Waals surface area contributed by atoms with Gasteiger partial charge in [-0.3, -0.25) is 9.59 Å². The summed E-state index contributed by atoms with van der Waals surface area (Å²) in [6.45, 7) is 7.30. The molecule has 1 aliphatic carbocycles. The summed E-state index contributed by atoms with van der Waals surface area (Å²) in [5, 5.41) is 0. The van der Waals surface area contributed by atoms with E-state index in [1.54, 1.807) is 4.90 Å². The van der Waals surface area contributed by atoms with Crippen LogP contribution < -0.4 is 0 Å². The lowest BCUT2D eigenvalue weighted by molar-refractivity contribution is 0.0721. The number of aryl methyl sites for hydroxylation is 1. The van der Waals surface area contributed by atoms with E-state index in [1.165, 1.54) is 19.8 Å². The first-order chi connectivity index (χ1) is 8.84. The molecular weight excluding hydrogens is 240 g/mol. The molecule has 0 spiro atoms. The zero-order valence-electron chi connectivity index (χ0n) is 12.3. The van der Waals surface area contributed by atoms with Gasteiger partial charge in [-0.1, -0.05) is 0 Å². The van der Waals surface area contributed by atoms with E-state index in [1.807, 2.05) is 20.9 Å². The molecule has 0 aliphatic heterocycles. The molecule has 0 unspecified atom stereocenters. The first-order valence-electron chi connectivity index (χ1n) is 6.81. The number of H-pyrrole nitrogens is 1. The first-order valence-corrected chi connectivity index (χ1v) is 6.81. The minimum Gasteiger partial charge on any atom is -0.354 e. The smallest absolute Gasteiger partial charge is 0.270 e. The van der Waals surface area contributed by atoms with Crippen molar-refractivity contribution in [2.24, 2.45) is 5.92 Å². The minimum atomic E-state index is -0.0208. The third-order valence-corrected chi connectivity index (χ3v) is 4.24. The highest BCUT2D eigenvalue weighted by atomic mass is 16.2. The molecule has 0 aromatic carbocycles. The Balaban J connectivity index is 2.28. The Labute approximate surface area is 114 Å². The number of nitrogens with zero attached hydrogens (tertiary/aromatic N) is 1. The summed E-state index contributed by atoms with van der Waals surface area (Å²) in [5.74, 6) is 0.619. The number of hydrogen-bond acceptors (Lipinski definition) is 2. The molecular formula is C15H22N2O2. The van der Waals surface area contributed by atoms with Gasteiger partial charge in [0.1, 0.15) is 5.69 Å². The fourth-order valence-corrected chi connectivity index (χ4v) is 2.75. The number of ketones is 1. The molecule has 1 aromatic heterocycles. The molecule has 104 valence electrons. The number of carbonyl (C=O) groups excluding carboxylic acids is 2. The van der Waals surface area contributed by atoms with Gasteiger partial charge in [0, 0.05) is 24.3 Å². The molecule has 0 saturated heterocycles. The predicted molar refractivity (Wildman–Crippen MR) is 74.6 cm³/mol. The zero-order valence-corrected chi connectivity index (χ0v) is 12.3. The van der Waals surface area contributed by atoms with Crippen molar-refractivity contribution in [1.29, 1.82) is 0 Å². The van der Waals surface area contributed by atoms with Crippen LogP contribution in [-0.2, 0) is 0 Å². The van der Waals surface area contributed by atoms with E-state index in [2.05, 4.69) is 11.9 Å². The number of aromatic amines is 1. The molecule has 4 nitrogen and oxygen atoms in total. The maximum atomic E-state index is 12.5. The van der Waals surface area contributed by atoms with Gasteiger partial charge < -0.3 is 9.88 Å². The molecule has 1 heterocycles. The fourth-order valence-electron chi connectivity index (χ4n) is 2.75. The molecule has 1 N–H and O–H groups in total. The first kappa shape index (κ1) is 13.8. The Morgan fingerprint density at radius 1 is 1.32 bits per heavy atom. The van der Waals surface area contributed by atoms with Gasteiger partial charge in [0.2, 0.25) is 0 Å². The van der Waals surface area contributed by atoms with Crippen LogP contribution in [0.2, 0.25) is 0 Å². The zero-order chi connectivity index (χ0) is 14.3. The molecule has 19 heavy (non-hydrogen) atoms. The third-order valence-electron chi connectivity index (χ3n) is 4.24. The van der Waals surface area contributed by atoms with Crippen molar-refractivity contribution in [2.45, 2.75) is 46.6 Å². The van der Waals surface area contributed by atoms with Crippen LogP contribution in [0.3, 0.4) is 0 Å². The molecule has 1 fully saturated rings. The van der Waals surface area contributed by atoms with Gasteiger partial charge in [0.05, 0.1) is 0 Å². The quantitative estimate of drug-likeness (QED) is 0.848. The van der Waals surface area contributed by atoms with Crippen molar-refractivity contribution in [2.75, 3.05) is 7.05 Å². The molecule has 1 atom stereocenters. The SMILES string of the molecule is CC(=O)c1c(C)[nH]c(C(=O)N(C)[C@H](C)C2CC2)c1C. The van der Waals surface area contributed by atoms with E-state index in [0.717, 1.165) is 11.3 Å². The summed E-state index contributed by atoms with van der Waals surface area (Å²) in [7, 11) is 1.84. The molecule has 1 saturated carbocycles. The van der Waals surface area contributed by atoms with Gasteiger partial charge >= 0.3 is 0 Å². The molecule has 0 bridgehead atoms. The maximum absolute atomic E-state index is 12.5. The van der Waals surface area contributed by atoms with Gasteiger partial charge in [-0.05, 0) is 52.0 Å². The van der Waals surface area contributed by atoms with Crippen LogP contribution in [0.5, 0.6) is 0 Å². The summed E-state index contributed by atoms with van der Waals surface area (Å²) < 4.78 is 0. The average molecular weight is 262 g/mol. The Morgan fingerprint density at radius 2 is 1.89 bits per heavy atom. The number of aromatic nitrogens is 1. The average Bonchev–Trinajstić information content (AvgIpc) is 3.13. The molecule has 2 rings (SSSR count). The van der Waals surface area contributed by atoms with E-state index in [4.69, 9.17) is 0 Å². The Kier molecular flexibility index (Phi) is 3.52.